The van der Waals surface area contributed by atoms with Crippen molar-refractivity contribution >= 4 is 45.4 Å². The van der Waals surface area contributed by atoms with Gasteiger partial charge >= 0.3 is 0 Å². The molecule has 0 saturated heterocycles. The van der Waals surface area contributed by atoms with E-state index in [1.54, 1.807) is 42.9 Å². The molecule has 7 nitrogen and oxygen atoms in total. The molecule has 3 heterocycles. The van der Waals surface area contributed by atoms with Crippen LogP contribution >= 0.6 is 27.7 Å². The van der Waals surface area contributed by atoms with E-state index in [0.29, 0.717) is 26.2 Å². The second kappa shape index (κ2) is 8.42. The fourth-order valence-corrected chi connectivity index (χ4v) is 3.09. The number of nitrogens with zero attached hydrogens (tertiary/aromatic N) is 4. The molecule has 3 aromatic heterocycles. The van der Waals surface area contributed by atoms with Gasteiger partial charge in [-0.25, -0.2) is 9.97 Å². The van der Waals surface area contributed by atoms with Gasteiger partial charge in [0.1, 0.15) is 17.4 Å². The zero-order valence-electron chi connectivity index (χ0n) is 13.1. The summed E-state index contributed by atoms with van der Waals surface area (Å²) in [6, 6.07) is 8.62. The summed E-state index contributed by atoms with van der Waals surface area (Å²) in [5, 5.41) is 12.9. The highest BCUT2D eigenvalue weighted by Crippen LogP contribution is 2.34. The van der Waals surface area contributed by atoms with E-state index < -0.39 is 5.91 Å². The lowest BCUT2D eigenvalue weighted by atomic mass is 10.2. The SMILES string of the molecule is N#C/C(=C\c1cc(Br)c(Sc2ncccn2)o1)C(=O)Nc1cccnc1. The summed E-state index contributed by atoms with van der Waals surface area (Å²) in [4.78, 5) is 24.3. The third kappa shape index (κ3) is 4.56. The van der Waals surface area contributed by atoms with E-state index in [1.807, 2.05) is 6.07 Å². The predicted octanol–water partition coefficient (Wildman–Crippen LogP) is 3.92. The zero-order chi connectivity index (χ0) is 18.4. The van der Waals surface area contributed by atoms with Gasteiger partial charge < -0.3 is 9.73 Å². The number of halogens is 1. The van der Waals surface area contributed by atoms with Gasteiger partial charge in [-0.15, -0.1) is 0 Å². The number of nitrogens with one attached hydrogen (secondary N) is 1. The van der Waals surface area contributed by atoms with Crippen LogP contribution < -0.4 is 5.32 Å². The summed E-state index contributed by atoms with van der Waals surface area (Å²) in [5.41, 5.74) is 0.402. The maximum Gasteiger partial charge on any atom is 0.266 e. The molecule has 3 aromatic rings. The van der Waals surface area contributed by atoms with E-state index in [-0.39, 0.29) is 5.57 Å². The highest BCUT2D eigenvalue weighted by molar-refractivity contribution is 9.10. The molecule has 0 fully saturated rings. The molecule has 3 rings (SSSR count). The van der Waals surface area contributed by atoms with Crippen molar-refractivity contribution in [1.82, 2.24) is 15.0 Å². The van der Waals surface area contributed by atoms with Crippen LogP contribution in [0.3, 0.4) is 0 Å². The number of hydrogen-bond donors (Lipinski definition) is 1. The number of amides is 1. The molecule has 26 heavy (non-hydrogen) atoms. The quantitative estimate of drug-likeness (QED) is 0.373. The first-order valence-electron chi connectivity index (χ1n) is 7.23. The number of aromatic nitrogens is 3. The maximum absolute atomic E-state index is 12.2. The Bertz CT molecular complexity index is 983. The van der Waals surface area contributed by atoms with Gasteiger partial charge in [0, 0.05) is 24.7 Å². The van der Waals surface area contributed by atoms with Gasteiger partial charge in [0.15, 0.2) is 10.2 Å². The number of pyridine rings is 1. The van der Waals surface area contributed by atoms with Crippen LogP contribution in [-0.2, 0) is 4.79 Å². The summed E-state index contributed by atoms with van der Waals surface area (Å²) in [6.45, 7) is 0. The standard InChI is InChI=1S/C17H10BrN5O2S/c18-14-8-13(25-16(14)26-17-21-5-2-6-22-17)7-11(9-19)15(24)23-12-3-1-4-20-10-12/h1-8,10H,(H,23,24)/b11-7+. The van der Waals surface area contributed by atoms with Gasteiger partial charge in [-0.2, -0.15) is 5.26 Å². The van der Waals surface area contributed by atoms with Crippen LogP contribution in [0.5, 0.6) is 0 Å². The third-order valence-corrected chi connectivity index (χ3v) is 4.71. The second-order valence-electron chi connectivity index (χ2n) is 4.78. The minimum Gasteiger partial charge on any atom is -0.449 e. The van der Waals surface area contributed by atoms with Crippen molar-refractivity contribution in [3.05, 3.63) is 64.9 Å². The molecule has 1 N–H and O–H groups in total. The Morgan fingerprint density at radius 2 is 2.12 bits per heavy atom. The Morgan fingerprint density at radius 1 is 1.31 bits per heavy atom. The first-order chi connectivity index (χ1) is 12.7. The highest BCUT2D eigenvalue weighted by Gasteiger charge is 2.14. The van der Waals surface area contributed by atoms with Crippen LogP contribution in [0.15, 0.2) is 73.8 Å². The van der Waals surface area contributed by atoms with E-state index in [4.69, 9.17) is 4.42 Å². The topological polar surface area (TPSA) is 105 Å². The van der Waals surface area contributed by atoms with Crippen molar-refractivity contribution < 1.29 is 9.21 Å². The predicted molar refractivity (Wildman–Crippen MR) is 99.0 cm³/mol. The normalized spacial score (nSPS) is 11.0. The zero-order valence-corrected chi connectivity index (χ0v) is 15.5. The summed E-state index contributed by atoms with van der Waals surface area (Å²) in [6.07, 6.45) is 7.71. The third-order valence-electron chi connectivity index (χ3n) is 2.97. The smallest absolute Gasteiger partial charge is 0.266 e. The van der Waals surface area contributed by atoms with Crippen LogP contribution in [0.2, 0.25) is 0 Å². The lowest BCUT2D eigenvalue weighted by Crippen LogP contribution is -2.13. The summed E-state index contributed by atoms with van der Waals surface area (Å²) in [5.74, 6) is -0.193. The molecule has 0 radical (unpaired) electrons. The van der Waals surface area contributed by atoms with Crippen molar-refractivity contribution in [2.45, 2.75) is 10.2 Å². The fourth-order valence-electron chi connectivity index (χ4n) is 1.86. The Morgan fingerprint density at radius 3 is 2.81 bits per heavy atom. The molecule has 128 valence electrons. The van der Waals surface area contributed by atoms with Crippen molar-refractivity contribution in [2.24, 2.45) is 0 Å². The molecule has 0 saturated carbocycles. The molecule has 0 aliphatic carbocycles. The van der Waals surface area contributed by atoms with Gasteiger partial charge in [-0.3, -0.25) is 9.78 Å². The van der Waals surface area contributed by atoms with E-state index in [1.165, 1.54) is 24.0 Å². The Hall–Kier alpha value is -2.96. The molecule has 0 aliphatic rings. The monoisotopic (exact) mass is 427 g/mol. The summed E-state index contributed by atoms with van der Waals surface area (Å²) in [7, 11) is 0. The van der Waals surface area contributed by atoms with Crippen LogP contribution in [0.1, 0.15) is 5.76 Å². The second-order valence-corrected chi connectivity index (χ2v) is 6.58. The van der Waals surface area contributed by atoms with Crippen molar-refractivity contribution in [3.63, 3.8) is 0 Å². The number of furan rings is 1. The number of carbonyl (C=O) groups excluding carboxylic acids is 1. The lowest BCUT2D eigenvalue weighted by Gasteiger charge is -2.02. The van der Waals surface area contributed by atoms with Gasteiger partial charge in [0.25, 0.3) is 5.91 Å². The van der Waals surface area contributed by atoms with E-state index in [0.717, 1.165) is 0 Å². The highest BCUT2D eigenvalue weighted by atomic mass is 79.9. The number of anilines is 1. The van der Waals surface area contributed by atoms with Crippen LogP contribution in [0.25, 0.3) is 6.08 Å². The van der Waals surface area contributed by atoms with Crippen LogP contribution in [0.4, 0.5) is 5.69 Å². The maximum atomic E-state index is 12.2. The molecule has 1 amide bonds. The molecular formula is C17H10BrN5O2S. The van der Waals surface area contributed by atoms with Gasteiger partial charge in [0.2, 0.25) is 0 Å². The molecule has 9 heteroatoms. The number of hydrogen-bond acceptors (Lipinski definition) is 7. The van der Waals surface area contributed by atoms with E-state index >= 15 is 0 Å². The molecule has 0 aliphatic heterocycles. The fraction of sp³-hybridized carbons (Fsp3) is 0. The Labute approximate surface area is 161 Å². The van der Waals surface area contributed by atoms with Crippen molar-refractivity contribution in [1.29, 1.82) is 5.26 Å². The first-order valence-corrected chi connectivity index (χ1v) is 8.84. The molecule has 0 aromatic carbocycles. The van der Waals surface area contributed by atoms with Crippen molar-refractivity contribution in [2.75, 3.05) is 5.32 Å². The average Bonchev–Trinajstić information content (AvgIpc) is 3.00. The molecule has 0 spiro atoms. The van der Waals surface area contributed by atoms with Gasteiger partial charge in [-0.05, 0) is 52.0 Å². The summed E-state index contributed by atoms with van der Waals surface area (Å²) < 4.78 is 6.34. The molecule has 0 unspecified atom stereocenters. The average molecular weight is 428 g/mol. The molecular weight excluding hydrogens is 418 g/mol. The lowest BCUT2D eigenvalue weighted by molar-refractivity contribution is -0.112. The van der Waals surface area contributed by atoms with Crippen LogP contribution in [0, 0.1) is 11.3 Å². The minimum absolute atomic E-state index is 0.0948. The minimum atomic E-state index is -0.548. The number of nitriles is 1. The van der Waals surface area contributed by atoms with E-state index in [9.17, 15) is 10.1 Å². The first kappa shape index (κ1) is 17.8. The van der Waals surface area contributed by atoms with Gasteiger partial charge in [-0.1, -0.05) is 0 Å². The number of rotatable bonds is 5. The van der Waals surface area contributed by atoms with Crippen LogP contribution in [-0.4, -0.2) is 20.9 Å². The number of carbonyl (C=O) groups is 1. The molecule has 0 bridgehead atoms. The van der Waals surface area contributed by atoms with Gasteiger partial charge in [0.05, 0.1) is 16.4 Å². The summed E-state index contributed by atoms with van der Waals surface area (Å²) >= 11 is 4.61. The van der Waals surface area contributed by atoms with Crippen molar-refractivity contribution in [3.8, 4) is 6.07 Å². The Kier molecular flexibility index (Phi) is 5.78. The Balaban J connectivity index is 1.78. The largest absolute Gasteiger partial charge is 0.449 e. The van der Waals surface area contributed by atoms with E-state index in [2.05, 4.69) is 36.2 Å². The molecule has 0 atom stereocenters.